The molecule has 136 valence electrons. The van der Waals surface area contributed by atoms with E-state index >= 15 is 0 Å². The quantitative estimate of drug-likeness (QED) is 0.275. The van der Waals surface area contributed by atoms with Crippen LogP contribution in [0.3, 0.4) is 0 Å². The molecule has 0 radical (unpaired) electrons. The van der Waals surface area contributed by atoms with E-state index in [2.05, 4.69) is 4.98 Å². The van der Waals surface area contributed by atoms with Crippen LogP contribution in [-0.4, -0.2) is 28.4 Å². The predicted octanol–water partition coefficient (Wildman–Crippen LogP) is 4.45. The molecule has 0 aliphatic rings. The minimum Gasteiger partial charge on any atom is -0.465 e. The summed E-state index contributed by atoms with van der Waals surface area (Å²) < 4.78 is 6.79. The van der Waals surface area contributed by atoms with Gasteiger partial charge in [0.15, 0.2) is 5.43 Å². The van der Waals surface area contributed by atoms with Gasteiger partial charge in [0.1, 0.15) is 17.3 Å². The first kappa shape index (κ1) is 19.0. The second-order valence-corrected chi connectivity index (χ2v) is 7.25. The number of nitrogens with zero attached hydrogens (tertiary/aromatic N) is 2. The average molecular weight is 411 g/mol. The Labute approximate surface area is 164 Å². The second-order valence-electron chi connectivity index (χ2n) is 5.66. The van der Waals surface area contributed by atoms with Crippen LogP contribution in [0.5, 0.6) is 0 Å². The molecular weight excluding hydrogens is 395 g/mol. The molecular formula is C18H16Cl2N2O3S. The summed E-state index contributed by atoms with van der Waals surface area (Å²) in [6.45, 7) is 3.88. The molecule has 8 heteroatoms. The van der Waals surface area contributed by atoms with Crippen LogP contribution in [0.25, 0.3) is 21.9 Å². The first-order valence-electron chi connectivity index (χ1n) is 7.90. The van der Waals surface area contributed by atoms with Crippen molar-refractivity contribution >= 4 is 62.9 Å². The summed E-state index contributed by atoms with van der Waals surface area (Å²) in [6, 6.07) is 5.14. The third-order valence-corrected chi connectivity index (χ3v) is 5.65. The number of rotatable bonds is 4. The maximum atomic E-state index is 13.0. The van der Waals surface area contributed by atoms with Crippen molar-refractivity contribution in [3.63, 3.8) is 0 Å². The lowest BCUT2D eigenvalue weighted by Gasteiger charge is -2.17. The van der Waals surface area contributed by atoms with Gasteiger partial charge in [-0.15, -0.1) is 11.8 Å². The van der Waals surface area contributed by atoms with Crippen molar-refractivity contribution in [3.8, 4) is 0 Å². The molecule has 0 fully saturated rings. The number of carbonyl (C=O) groups is 1. The molecule has 0 aliphatic carbocycles. The van der Waals surface area contributed by atoms with Gasteiger partial charge < -0.3 is 9.30 Å². The van der Waals surface area contributed by atoms with Crippen LogP contribution in [0.2, 0.25) is 10.2 Å². The summed E-state index contributed by atoms with van der Waals surface area (Å²) in [5, 5.41) is 1.08. The second kappa shape index (κ2) is 7.47. The van der Waals surface area contributed by atoms with Crippen molar-refractivity contribution in [2.75, 3.05) is 12.9 Å². The lowest BCUT2D eigenvalue weighted by atomic mass is 10.1. The number of carbonyl (C=O) groups excluding carboxylic acids is 1. The van der Waals surface area contributed by atoms with Gasteiger partial charge in [0, 0.05) is 10.3 Å². The number of ether oxygens (including phenoxy) is 1. The van der Waals surface area contributed by atoms with E-state index < -0.39 is 5.97 Å². The van der Waals surface area contributed by atoms with Gasteiger partial charge in [-0.2, -0.15) is 0 Å². The molecule has 0 spiro atoms. The van der Waals surface area contributed by atoms with Gasteiger partial charge in [-0.05, 0) is 37.8 Å². The Morgan fingerprint density at radius 2 is 2.04 bits per heavy atom. The highest BCUT2D eigenvalue weighted by atomic mass is 35.5. The highest BCUT2D eigenvalue weighted by Crippen LogP contribution is 2.32. The number of thioether (sulfide) groups is 1. The summed E-state index contributed by atoms with van der Waals surface area (Å²) in [5.41, 5.74) is 1.76. The van der Waals surface area contributed by atoms with Gasteiger partial charge in [-0.25, -0.2) is 4.98 Å². The van der Waals surface area contributed by atoms with E-state index in [0.717, 1.165) is 10.5 Å². The molecule has 3 rings (SSSR count). The van der Waals surface area contributed by atoms with Crippen molar-refractivity contribution in [3.05, 3.63) is 44.2 Å². The molecule has 5 nitrogen and oxygen atoms in total. The maximum absolute atomic E-state index is 13.0. The molecule has 0 unspecified atom stereocenters. The van der Waals surface area contributed by atoms with Crippen molar-refractivity contribution < 1.29 is 9.53 Å². The number of benzene rings is 1. The summed E-state index contributed by atoms with van der Waals surface area (Å²) in [5.74, 6) is -0.416. The summed E-state index contributed by atoms with van der Waals surface area (Å²) in [7, 11) is 0. The van der Waals surface area contributed by atoms with E-state index in [1.165, 1.54) is 17.8 Å². The summed E-state index contributed by atoms with van der Waals surface area (Å²) >= 11 is 13.7. The van der Waals surface area contributed by atoms with Gasteiger partial charge in [-0.1, -0.05) is 29.3 Å². The standard InChI is InChI=1S/C18H16Cl2N2O3S/c1-4-25-13(23)8-22-14-10(6-5-9(2)16(14)26-3)15(24)11-7-12(19)17(20)21-18(11)22/h5-7H,4,8H2,1-3H3. The van der Waals surface area contributed by atoms with Crippen LogP contribution in [-0.2, 0) is 16.1 Å². The monoisotopic (exact) mass is 410 g/mol. The largest absolute Gasteiger partial charge is 0.465 e. The smallest absolute Gasteiger partial charge is 0.326 e. The number of halogens is 2. The van der Waals surface area contributed by atoms with Gasteiger partial charge in [0.2, 0.25) is 0 Å². The molecule has 2 aromatic heterocycles. The highest BCUT2D eigenvalue weighted by molar-refractivity contribution is 7.98. The third-order valence-electron chi connectivity index (χ3n) is 4.05. The lowest BCUT2D eigenvalue weighted by Crippen LogP contribution is -2.19. The first-order valence-corrected chi connectivity index (χ1v) is 9.88. The Balaban J connectivity index is 2.52. The fourth-order valence-electron chi connectivity index (χ4n) is 2.95. The van der Waals surface area contributed by atoms with E-state index in [1.54, 1.807) is 17.6 Å². The zero-order chi connectivity index (χ0) is 19.0. The number of hydrogen-bond acceptors (Lipinski definition) is 5. The first-order chi connectivity index (χ1) is 12.4. The average Bonchev–Trinajstić information content (AvgIpc) is 2.60. The Kier molecular flexibility index (Phi) is 5.46. The Bertz CT molecular complexity index is 1100. The zero-order valence-electron chi connectivity index (χ0n) is 14.4. The number of aryl methyl sites for hydroxylation is 1. The van der Waals surface area contributed by atoms with Gasteiger partial charge in [-0.3, -0.25) is 9.59 Å². The number of esters is 1. The van der Waals surface area contributed by atoms with Gasteiger partial charge >= 0.3 is 5.97 Å². The van der Waals surface area contributed by atoms with Gasteiger partial charge in [0.05, 0.1) is 22.5 Å². The fourth-order valence-corrected chi connectivity index (χ4v) is 4.04. The third kappa shape index (κ3) is 3.17. The van der Waals surface area contributed by atoms with Crippen LogP contribution in [0.15, 0.2) is 27.9 Å². The molecule has 0 atom stereocenters. The molecule has 0 N–H and O–H groups in total. The molecule has 1 aromatic carbocycles. The molecule has 26 heavy (non-hydrogen) atoms. The molecule has 0 saturated heterocycles. The van der Waals surface area contributed by atoms with Crippen LogP contribution >= 0.6 is 35.0 Å². The van der Waals surface area contributed by atoms with E-state index in [0.29, 0.717) is 21.9 Å². The van der Waals surface area contributed by atoms with Crippen molar-refractivity contribution in [1.29, 1.82) is 0 Å². The number of aromatic nitrogens is 2. The summed E-state index contributed by atoms with van der Waals surface area (Å²) in [4.78, 5) is 30.4. The highest BCUT2D eigenvalue weighted by Gasteiger charge is 2.19. The van der Waals surface area contributed by atoms with Crippen LogP contribution < -0.4 is 5.43 Å². The van der Waals surface area contributed by atoms with Crippen LogP contribution in [0, 0.1) is 6.92 Å². The molecule has 2 heterocycles. The van der Waals surface area contributed by atoms with Gasteiger partial charge in [0.25, 0.3) is 0 Å². The molecule has 0 saturated carbocycles. The normalized spacial score (nSPS) is 11.3. The maximum Gasteiger partial charge on any atom is 0.326 e. The molecule has 3 aromatic rings. The molecule has 0 bridgehead atoms. The Hall–Kier alpha value is -1.76. The topological polar surface area (TPSA) is 61.2 Å². The fraction of sp³-hybridized carbons (Fsp3) is 0.278. The van der Waals surface area contributed by atoms with E-state index in [9.17, 15) is 9.59 Å². The van der Waals surface area contributed by atoms with E-state index in [4.69, 9.17) is 27.9 Å². The van der Waals surface area contributed by atoms with Crippen molar-refractivity contribution in [1.82, 2.24) is 9.55 Å². The molecule has 0 aliphatic heterocycles. The van der Waals surface area contributed by atoms with E-state index in [-0.39, 0.29) is 28.8 Å². The Morgan fingerprint density at radius 1 is 1.31 bits per heavy atom. The lowest BCUT2D eigenvalue weighted by molar-refractivity contribution is -0.143. The number of hydrogen-bond donors (Lipinski definition) is 0. The number of pyridine rings is 2. The predicted molar refractivity (Wildman–Crippen MR) is 107 cm³/mol. The van der Waals surface area contributed by atoms with E-state index in [1.807, 2.05) is 19.2 Å². The minimum atomic E-state index is -0.416. The Morgan fingerprint density at radius 3 is 2.69 bits per heavy atom. The molecule has 0 amide bonds. The minimum absolute atomic E-state index is 0.0777. The van der Waals surface area contributed by atoms with Crippen LogP contribution in [0.4, 0.5) is 0 Å². The zero-order valence-corrected chi connectivity index (χ0v) is 16.8. The SMILES string of the molecule is CCOC(=O)Cn1c2nc(Cl)c(Cl)cc2c(=O)c2ccc(C)c(SC)c21. The van der Waals surface area contributed by atoms with Crippen LogP contribution in [0.1, 0.15) is 12.5 Å². The van der Waals surface area contributed by atoms with Crippen molar-refractivity contribution in [2.45, 2.75) is 25.3 Å². The van der Waals surface area contributed by atoms with Crippen molar-refractivity contribution in [2.24, 2.45) is 0 Å². The summed E-state index contributed by atoms with van der Waals surface area (Å²) in [6.07, 6.45) is 1.92. The number of fused-ring (bicyclic) bond motifs is 2.